The predicted molar refractivity (Wildman–Crippen MR) is 109 cm³/mol. The Morgan fingerprint density at radius 2 is 1.90 bits per heavy atom. The van der Waals surface area contributed by atoms with Gasteiger partial charge in [0.2, 0.25) is 0 Å². The molecule has 4 aromatic rings. The number of H-pyrrole nitrogens is 1. The Morgan fingerprint density at radius 3 is 2.66 bits per heavy atom. The molecule has 0 bridgehead atoms. The van der Waals surface area contributed by atoms with Crippen LogP contribution in [0.5, 0.6) is 11.5 Å². The zero-order valence-corrected chi connectivity index (χ0v) is 16.0. The third kappa shape index (κ3) is 3.62. The number of aromatic carboxylic acids is 1. The Labute approximate surface area is 167 Å². The lowest BCUT2D eigenvalue weighted by Crippen LogP contribution is -2.03. The Bertz CT molecular complexity index is 1200. The molecule has 29 heavy (non-hydrogen) atoms. The van der Waals surface area contributed by atoms with Gasteiger partial charge in [0.15, 0.2) is 0 Å². The Balaban J connectivity index is 1.88. The first kappa shape index (κ1) is 18.5. The molecule has 7 heteroatoms. The Kier molecular flexibility index (Phi) is 4.87. The fourth-order valence-electron chi connectivity index (χ4n) is 3.34. The van der Waals surface area contributed by atoms with Crippen LogP contribution in [0.25, 0.3) is 22.2 Å². The van der Waals surface area contributed by atoms with Crippen LogP contribution < -0.4 is 9.47 Å². The van der Waals surface area contributed by atoms with Crippen LogP contribution in [-0.4, -0.2) is 40.2 Å². The monoisotopic (exact) mass is 389 g/mol. The second kappa shape index (κ2) is 7.63. The first-order valence-electron chi connectivity index (χ1n) is 8.96. The van der Waals surface area contributed by atoms with Crippen LogP contribution >= 0.6 is 0 Å². The summed E-state index contributed by atoms with van der Waals surface area (Å²) in [6, 6.07) is 12.7. The van der Waals surface area contributed by atoms with Crippen molar-refractivity contribution in [2.75, 3.05) is 14.2 Å². The normalized spacial score (nSPS) is 10.8. The van der Waals surface area contributed by atoms with Crippen LogP contribution in [0.15, 0.2) is 54.9 Å². The van der Waals surface area contributed by atoms with Crippen LogP contribution in [0.2, 0.25) is 0 Å². The lowest BCUT2D eigenvalue weighted by molar-refractivity contribution is 0.0690. The fourth-order valence-corrected chi connectivity index (χ4v) is 3.34. The van der Waals surface area contributed by atoms with Gasteiger partial charge in [0.1, 0.15) is 17.2 Å². The van der Waals surface area contributed by atoms with E-state index < -0.39 is 5.97 Å². The molecule has 146 valence electrons. The molecule has 0 radical (unpaired) electrons. The molecular weight excluding hydrogens is 370 g/mol. The fraction of sp³-hybridized carbons (Fsp3) is 0.136. The minimum Gasteiger partial charge on any atom is -0.497 e. The first-order valence-corrected chi connectivity index (χ1v) is 8.96. The number of nitrogens with zero attached hydrogens (tertiary/aromatic N) is 2. The zero-order valence-electron chi connectivity index (χ0n) is 16.0. The second-order valence-electron chi connectivity index (χ2n) is 6.50. The minimum absolute atomic E-state index is 0.0219. The lowest BCUT2D eigenvalue weighted by atomic mass is 10.0. The van der Waals surface area contributed by atoms with Crippen molar-refractivity contribution in [1.82, 2.24) is 15.0 Å². The van der Waals surface area contributed by atoms with E-state index in [4.69, 9.17) is 9.47 Å². The molecule has 3 aromatic heterocycles. The number of nitrogens with one attached hydrogen (secondary N) is 1. The molecule has 0 saturated heterocycles. The van der Waals surface area contributed by atoms with Gasteiger partial charge in [-0.3, -0.25) is 4.98 Å². The van der Waals surface area contributed by atoms with Gasteiger partial charge >= 0.3 is 5.97 Å². The summed E-state index contributed by atoms with van der Waals surface area (Å²) < 4.78 is 10.7. The summed E-state index contributed by atoms with van der Waals surface area (Å²) in [5, 5.41) is 10.3. The topological polar surface area (TPSA) is 97.3 Å². The van der Waals surface area contributed by atoms with Gasteiger partial charge in [-0.15, -0.1) is 0 Å². The SMILES string of the molecule is COc1cncc(-c2[nH]c3cc(OC)ccc3c2Cc2cccc(C(=O)O)n2)c1. The van der Waals surface area contributed by atoms with Crippen molar-refractivity contribution >= 4 is 16.9 Å². The van der Waals surface area contributed by atoms with E-state index in [-0.39, 0.29) is 5.69 Å². The van der Waals surface area contributed by atoms with E-state index in [2.05, 4.69) is 15.0 Å². The number of fused-ring (bicyclic) bond motifs is 1. The molecule has 0 fully saturated rings. The summed E-state index contributed by atoms with van der Waals surface area (Å²) >= 11 is 0. The van der Waals surface area contributed by atoms with Gasteiger partial charge in [0, 0.05) is 40.8 Å². The second-order valence-corrected chi connectivity index (χ2v) is 6.50. The molecule has 0 aliphatic rings. The quantitative estimate of drug-likeness (QED) is 0.519. The highest BCUT2D eigenvalue weighted by Gasteiger charge is 2.17. The van der Waals surface area contributed by atoms with Gasteiger partial charge < -0.3 is 19.6 Å². The van der Waals surface area contributed by atoms with Crippen LogP contribution in [0.4, 0.5) is 0 Å². The number of ether oxygens (including phenoxy) is 2. The predicted octanol–water partition coefficient (Wildman–Crippen LogP) is 3.93. The molecular formula is C22H19N3O4. The van der Waals surface area contributed by atoms with Crippen molar-refractivity contribution in [3.63, 3.8) is 0 Å². The van der Waals surface area contributed by atoms with Gasteiger partial charge in [-0.05, 0) is 35.9 Å². The molecule has 0 aliphatic heterocycles. The molecule has 0 spiro atoms. The summed E-state index contributed by atoms with van der Waals surface area (Å²) in [5.41, 5.74) is 4.33. The number of hydrogen-bond acceptors (Lipinski definition) is 5. The van der Waals surface area contributed by atoms with Gasteiger partial charge in [-0.25, -0.2) is 9.78 Å². The third-order valence-electron chi connectivity index (χ3n) is 4.73. The number of aromatic amines is 1. The van der Waals surface area contributed by atoms with Crippen LogP contribution in [0, 0.1) is 0 Å². The Hall–Kier alpha value is -3.87. The number of carbonyl (C=O) groups is 1. The number of pyridine rings is 2. The van der Waals surface area contributed by atoms with Crippen LogP contribution in [-0.2, 0) is 6.42 Å². The van der Waals surface area contributed by atoms with E-state index in [1.165, 1.54) is 6.07 Å². The van der Waals surface area contributed by atoms with Gasteiger partial charge in [0.05, 0.1) is 26.1 Å². The van der Waals surface area contributed by atoms with Crippen molar-refractivity contribution < 1.29 is 19.4 Å². The summed E-state index contributed by atoms with van der Waals surface area (Å²) in [6.45, 7) is 0. The molecule has 0 unspecified atom stereocenters. The summed E-state index contributed by atoms with van der Waals surface area (Å²) in [6.07, 6.45) is 3.86. The standard InChI is InChI=1S/C22H19N3O4/c1-28-15-6-7-17-18(9-14-4-3-5-19(24-14)22(26)27)21(25-20(17)10-15)13-8-16(29-2)12-23-11-13/h3-8,10-12,25H,9H2,1-2H3,(H,26,27). The summed E-state index contributed by atoms with van der Waals surface area (Å²) in [5.74, 6) is 0.343. The molecule has 0 atom stereocenters. The highest BCUT2D eigenvalue weighted by Crippen LogP contribution is 2.34. The van der Waals surface area contributed by atoms with Gasteiger partial charge in [0.25, 0.3) is 0 Å². The highest BCUT2D eigenvalue weighted by molar-refractivity contribution is 5.92. The largest absolute Gasteiger partial charge is 0.497 e. The maximum atomic E-state index is 11.3. The van der Waals surface area contributed by atoms with Crippen molar-refractivity contribution in [3.05, 3.63) is 71.8 Å². The van der Waals surface area contributed by atoms with E-state index >= 15 is 0 Å². The first-order chi connectivity index (χ1) is 14.1. The van der Waals surface area contributed by atoms with Crippen molar-refractivity contribution in [3.8, 4) is 22.8 Å². The third-order valence-corrected chi connectivity index (χ3v) is 4.73. The number of methoxy groups -OCH3 is 2. The van der Waals surface area contributed by atoms with Crippen LogP contribution in [0.3, 0.4) is 0 Å². The average molecular weight is 389 g/mol. The smallest absolute Gasteiger partial charge is 0.354 e. The van der Waals surface area contributed by atoms with E-state index in [0.29, 0.717) is 17.9 Å². The lowest BCUT2D eigenvalue weighted by Gasteiger charge is -2.07. The number of aromatic nitrogens is 3. The van der Waals surface area contributed by atoms with Crippen molar-refractivity contribution in [2.24, 2.45) is 0 Å². The number of carboxylic acid groups (broad SMARTS) is 1. The van der Waals surface area contributed by atoms with Crippen LogP contribution in [0.1, 0.15) is 21.7 Å². The maximum Gasteiger partial charge on any atom is 0.354 e. The average Bonchev–Trinajstić information content (AvgIpc) is 3.11. The molecule has 2 N–H and O–H groups in total. The Morgan fingerprint density at radius 1 is 1.07 bits per heavy atom. The van der Waals surface area contributed by atoms with E-state index in [0.717, 1.165) is 33.5 Å². The molecule has 1 aromatic carbocycles. The van der Waals surface area contributed by atoms with Crippen molar-refractivity contribution in [2.45, 2.75) is 6.42 Å². The van der Waals surface area contributed by atoms with E-state index in [1.807, 2.05) is 30.3 Å². The minimum atomic E-state index is -1.05. The summed E-state index contributed by atoms with van der Waals surface area (Å²) in [7, 11) is 3.22. The zero-order chi connectivity index (χ0) is 20.4. The highest BCUT2D eigenvalue weighted by atomic mass is 16.5. The molecule has 7 nitrogen and oxygen atoms in total. The van der Waals surface area contributed by atoms with E-state index in [9.17, 15) is 9.90 Å². The van der Waals surface area contributed by atoms with E-state index in [1.54, 1.807) is 32.7 Å². The summed E-state index contributed by atoms with van der Waals surface area (Å²) in [4.78, 5) is 23.3. The maximum absolute atomic E-state index is 11.3. The van der Waals surface area contributed by atoms with Crippen molar-refractivity contribution in [1.29, 1.82) is 0 Å². The molecule has 0 saturated carbocycles. The molecule has 4 rings (SSSR count). The van der Waals surface area contributed by atoms with Gasteiger partial charge in [-0.2, -0.15) is 0 Å². The number of benzene rings is 1. The number of rotatable bonds is 6. The van der Waals surface area contributed by atoms with Gasteiger partial charge in [-0.1, -0.05) is 6.07 Å². The number of carboxylic acids is 1. The molecule has 0 amide bonds. The molecule has 0 aliphatic carbocycles. The molecule has 3 heterocycles. The number of hydrogen-bond donors (Lipinski definition) is 2.